The third kappa shape index (κ3) is 3.08. The van der Waals surface area contributed by atoms with Gasteiger partial charge in [0.25, 0.3) is 0 Å². The smallest absolute Gasteiger partial charge is 0.0777 e. The van der Waals surface area contributed by atoms with Gasteiger partial charge in [-0.05, 0) is 42.5 Å². The lowest BCUT2D eigenvalue weighted by molar-refractivity contribution is 1.18. The predicted octanol–water partition coefficient (Wildman–Crippen LogP) is 6.39. The standard InChI is InChI=1S/C26H24N2Si/c1-29(2,3)21-15-16-27-24(18-21)19-13-14-26-23(17-19)22-11-7-8-12-25(22)28(26)20-9-5-4-6-10-20/h4-18H,1-3H3. The Morgan fingerprint density at radius 3 is 2.21 bits per heavy atom. The fourth-order valence-electron chi connectivity index (χ4n) is 4.04. The van der Waals surface area contributed by atoms with Crippen LogP contribution in [0.1, 0.15) is 0 Å². The van der Waals surface area contributed by atoms with Gasteiger partial charge in [0.1, 0.15) is 0 Å². The van der Waals surface area contributed by atoms with Crippen LogP contribution in [0.2, 0.25) is 19.6 Å². The lowest BCUT2D eigenvalue weighted by atomic mass is 10.1. The molecule has 0 aliphatic heterocycles. The second kappa shape index (κ2) is 6.71. The number of fused-ring (bicyclic) bond motifs is 3. The van der Waals surface area contributed by atoms with Gasteiger partial charge in [-0.15, -0.1) is 0 Å². The van der Waals surface area contributed by atoms with Gasteiger partial charge in [0.05, 0.1) is 24.8 Å². The molecule has 3 heteroatoms. The van der Waals surface area contributed by atoms with Crippen LogP contribution in [0, 0.1) is 0 Å². The SMILES string of the molecule is C[Si](C)(C)c1ccnc(-c2ccc3c(c2)c2ccccc2n3-c2ccccc2)c1. The summed E-state index contributed by atoms with van der Waals surface area (Å²) in [6, 6.07) is 30.4. The summed E-state index contributed by atoms with van der Waals surface area (Å²) >= 11 is 0. The molecule has 0 fully saturated rings. The summed E-state index contributed by atoms with van der Waals surface area (Å²) in [6.07, 6.45) is 1.96. The molecule has 0 bridgehead atoms. The van der Waals surface area contributed by atoms with E-state index in [1.165, 1.54) is 38.2 Å². The minimum atomic E-state index is -1.38. The molecule has 0 aliphatic rings. The van der Waals surface area contributed by atoms with Crippen molar-refractivity contribution in [2.75, 3.05) is 0 Å². The van der Waals surface area contributed by atoms with Gasteiger partial charge in [-0.1, -0.05) is 67.3 Å². The normalized spacial score (nSPS) is 12.0. The highest BCUT2D eigenvalue weighted by atomic mass is 28.3. The lowest BCUT2D eigenvalue weighted by Crippen LogP contribution is -2.37. The van der Waals surface area contributed by atoms with E-state index < -0.39 is 8.07 Å². The van der Waals surface area contributed by atoms with Crippen molar-refractivity contribution in [2.45, 2.75) is 19.6 Å². The predicted molar refractivity (Wildman–Crippen MR) is 127 cm³/mol. The Kier molecular flexibility index (Phi) is 4.14. The Morgan fingerprint density at radius 1 is 0.690 bits per heavy atom. The lowest BCUT2D eigenvalue weighted by Gasteiger charge is -2.17. The van der Waals surface area contributed by atoms with Crippen molar-refractivity contribution in [3.63, 3.8) is 0 Å². The van der Waals surface area contributed by atoms with Gasteiger partial charge in [-0.2, -0.15) is 0 Å². The third-order valence-corrected chi connectivity index (χ3v) is 7.65. The maximum atomic E-state index is 4.69. The first kappa shape index (κ1) is 17.9. The zero-order chi connectivity index (χ0) is 20.0. The maximum absolute atomic E-state index is 4.69. The van der Waals surface area contributed by atoms with Gasteiger partial charge >= 0.3 is 0 Å². The largest absolute Gasteiger partial charge is 0.309 e. The molecule has 2 aromatic heterocycles. The number of aromatic nitrogens is 2. The molecule has 142 valence electrons. The van der Waals surface area contributed by atoms with E-state index in [9.17, 15) is 0 Å². The maximum Gasteiger partial charge on any atom is 0.0777 e. The van der Waals surface area contributed by atoms with Crippen LogP contribution in [-0.2, 0) is 0 Å². The molecule has 3 aromatic carbocycles. The van der Waals surface area contributed by atoms with Crippen molar-refractivity contribution >= 4 is 35.1 Å². The monoisotopic (exact) mass is 392 g/mol. The zero-order valence-electron chi connectivity index (χ0n) is 17.1. The Balaban J connectivity index is 1.76. The number of nitrogens with zero attached hydrogens (tertiary/aromatic N) is 2. The van der Waals surface area contributed by atoms with E-state index in [1.807, 2.05) is 6.20 Å². The van der Waals surface area contributed by atoms with E-state index in [0.717, 1.165) is 5.69 Å². The highest BCUT2D eigenvalue weighted by molar-refractivity contribution is 6.88. The van der Waals surface area contributed by atoms with Gasteiger partial charge in [0.2, 0.25) is 0 Å². The molecule has 2 nitrogen and oxygen atoms in total. The summed E-state index contributed by atoms with van der Waals surface area (Å²) in [5.74, 6) is 0. The fraction of sp³-hybridized carbons (Fsp3) is 0.115. The molecule has 0 amide bonds. The number of rotatable bonds is 3. The van der Waals surface area contributed by atoms with E-state index in [2.05, 4.69) is 109 Å². The van der Waals surface area contributed by atoms with Crippen molar-refractivity contribution in [3.05, 3.63) is 91.1 Å². The van der Waals surface area contributed by atoms with Crippen LogP contribution in [0.3, 0.4) is 0 Å². The molecule has 0 saturated heterocycles. The second-order valence-corrected chi connectivity index (χ2v) is 13.7. The summed E-state index contributed by atoms with van der Waals surface area (Å²) < 4.78 is 2.35. The molecule has 0 N–H and O–H groups in total. The van der Waals surface area contributed by atoms with Crippen LogP contribution in [0.4, 0.5) is 0 Å². The number of benzene rings is 3. The highest BCUT2D eigenvalue weighted by Gasteiger charge is 2.18. The van der Waals surface area contributed by atoms with Gasteiger partial charge in [0.15, 0.2) is 0 Å². The number of para-hydroxylation sites is 2. The van der Waals surface area contributed by atoms with Gasteiger partial charge < -0.3 is 4.57 Å². The molecular weight excluding hydrogens is 368 g/mol. The van der Waals surface area contributed by atoms with Crippen molar-refractivity contribution in [3.8, 4) is 16.9 Å². The molecule has 2 heterocycles. The quantitative estimate of drug-likeness (QED) is 0.325. The topological polar surface area (TPSA) is 17.8 Å². The Hall–Kier alpha value is -3.17. The molecule has 0 atom stereocenters. The van der Waals surface area contributed by atoms with Crippen LogP contribution in [0.15, 0.2) is 91.1 Å². The Bertz CT molecular complexity index is 1330. The van der Waals surface area contributed by atoms with Crippen LogP contribution >= 0.6 is 0 Å². The highest BCUT2D eigenvalue weighted by Crippen LogP contribution is 2.34. The van der Waals surface area contributed by atoms with E-state index >= 15 is 0 Å². The van der Waals surface area contributed by atoms with Gasteiger partial charge in [-0.3, -0.25) is 4.98 Å². The molecule has 0 aliphatic carbocycles. The van der Waals surface area contributed by atoms with Crippen molar-refractivity contribution in [2.24, 2.45) is 0 Å². The Morgan fingerprint density at radius 2 is 1.41 bits per heavy atom. The molecule has 5 aromatic rings. The molecular formula is C26H24N2Si. The minimum Gasteiger partial charge on any atom is -0.309 e. The fourth-order valence-corrected chi connectivity index (χ4v) is 5.19. The van der Waals surface area contributed by atoms with Crippen molar-refractivity contribution in [1.82, 2.24) is 9.55 Å². The van der Waals surface area contributed by atoms with Crippen LogP contribution in [0.25, 0.3) is 38.8 Å². The van der Waals surface area contributed by atoms with E-state index in [4.69, 9.17) is 4.98 Å². The minimum absolute atomic E-state index is 1.06. The van der Waals surface area contributed by atoms with Crippen LogP contribution in [0.5, 0.6) is 0 Å². The third-order valence-electron chi connectivity index (χ3n) is 5.61. The number of pyridine rings is 1. The van der Waals surface area contributed by atoms with Crippen molar-refractivity contribution in [1.29, 1.82) is 0 Å². The molecule has 0 spiro atoms. The van der Waals surface area contributed by atoms with Gasteiger partial charge in [0, 0.05) is 28.2 Å². The van der Waals surface area contributed by atoms with E-state index in [0.29, 0.717) is 0 Å². The van der Waals surface area contributed by atoms with Crippen LogP contribution in [-0.4, -0.2) is 17.6 Å². The molecule has 5 rings (SSSR count). The van der Waals surface area contributed by atoms with Gasteiger partial charge in [-0.25, -0.2) is 0 Å². The molecule has 29 heavy (non-hydrogen) atoms. The first-order valence-corrected chi connectivity index (χ1v) is 13.6. The van der Waals surface area contributed by atoms with Crippen molar-refractivity contribution < 1.29 is 0 Å². The first-order chi connectivity index (χ1) is 14.0. The number of hydrogen-bond donors (Lipinski definition) is 0. The molecule has 0 unspecified atom stereocenters. The summed E-state index contributed by atoms with van der Waals surface area (Å²) in [5, 5.41) is 3.98. The summed E-state index contributed by atoms with van der Waals surface area (Å²) in [5.41, 5.74) is 5.87. The summed E-state index contributed by atoms with van der Waals surface area (Å²) in [4.78, 5) is 4.69. The molecule has 0 radical (unpaired) electrons. The number of hydrogen-bond acceptors (Lipinski definition) is 1. The van der Waals surface area contributed by atoms with E-state index in [1.54, 1.807) is 0 Å². The average molecular weight is 393 g/mol. The average Bonchev–Trinajstić information content (AvgIpc) is 3.07. The zero-order valence-corrected chi connectivity index (χ0v) is 18.1. The van der Waals surface area contributed by atoms with E-state index in [-0.39, 0.29) is 0 Å². The first-order valence-electron chi connectivity index (χ1n) is 10.1. The molecule has 0 saturated carbocycles. The summed E-state index contributed by atoms with van der Waals surface area (Å²) in [7, 11) is -1.38. The Labute approximate surface area is 172 Å². The second-order valence-electron chi connectivity index (χ2n) is 8.60. The van der Waals surface area contributed by atoms with Crippen LogP contribution < -0.4 is 5.19 Å². The summed E-state index contributed by atoms with van der Waals surface area (Å²) in [6.45, 7) is 7.13.